The highest BCUT2D eigenvalue weighted by Crippen LogP contribution is 2.13. The molecule has 0 N–H and O–H groups in total. The van der Waals surface area contributed by atoms with Gasteiger partial charge in [0, 0.05) is 42.5 Å². The molecule has 7 heteroatoms. The van der Waals surface area contributed by atoms with Crippen molar-refractivity contribution in [2.24, 2.45) is 0 Å². The number of thiophene rings is 1. The lowest BCUT2D eigenvalue weighted by Gasteiger charge is -2.32. The smallest absolute Gasteiger partial charge is 0.246 e. The molecule has 1 fully saturated rings. The third-order valence-corrected chi connectivity index (χ3v) is 6.48. The fourth-order valence-electron chi connectivity index (χ4n) is 2.62. The van der Waals surface area contributed by atoms with Crippen LogP contribution >= 0.6 is 11.3 Å². The van der Waals surface area contributed by atoms with E-state index in [1.54, 1.807) is 34.5 Å². The van der Waals surface area contributed by atoms with Gasteiger partial charge in [-0.15, -0.1) is 11.3 Å². The molecule has 0 saturated carbocycles. The van der Waals surface area contributed by atoms with E-state index in [4.69, 9.17) is 0 Å². The molecule has 0 spiro atoms. The van der Waals surface area contributed by atoms with Crippen molar-refractivity contribution in [1.82, 2.24) is 9.21 Å². The molecule has 136 valence electrons. The van der Waals surface area contributed by atoms with Crippen LogP contribution < -0.4 is 0 Å². The Morgan fingerprint density at radius 1 is 0.962 bits per heavy atom. The van der Waals surface area contributed by atoms with Gasteiger partial charge >= 0.3 is 0 Å². The number of amides is 1. The molecule has 2 heterocycles. The summed E-state index contributed by atoms with van der Waals surface area (Å²) in [5, 5.41) is 3.19. The first-order chi connectivity index (χ1) is 12.5. The van der Waals surface area contributed by atoms with Crippen molar-refractivity contribution in [3.63, 3.8) is 0 Å². The van der Waals surface area contributed by atoms with Gasteiger partial charge in [0.2, 0.25) is 15.9 Å². The van der Waals surface area contributed by atoms with Crippen molar-refractivity contribution in [3.05, 3.63) is 69.8 Å². The quantitative estimate of drug-likeness (QED) is 0.740. The van der Waals surface area contributed by atoms with Gasteiger partial charge in [0.1, 0.15) is 0 Å². The summed E-state index contributed by atoms with van der Waals surface area (Å²) in [5.74, 6) is -0.0877. The molecule has 1 aliphatic rings. The highest BCUT2D eigenvalue weighted by atomic mass is 32.2. The average Bonchev–Trinajstić information content (AvgIpc) is 3.19. The van der Waals surface area contributed by atoms with Gasteiger partial charge in [-0.2, -0.15) is 4.31 Å². The number of benzene rings is 1. The largest absolute Gasteiger partial charge is 0.337 e. The molecule has 0 radical (unpaired) electrons. The van der Waals surface area contributed by atoms with Gasteiger partial charge < -0.3 is 4.90 Å². The molecular weight excluding hydrogens is 368 g/mol. The second kappa shape index (κ2) is 8.44. The maximum absolute atomic E-state index is 12.4. The number of carbonyl (C=O) groups excluding carboxylic acids is 1. The van der Waals surface area contributed by atoms with Crippen molar-refractivity contribution in [3.8, 4) is 0 Å². The molecule has 5 nitrogen and oxygen atoms in total. The lowest BCUT2D eigenvalue weighted by molar-refractivity contribution is -0.127. The van der Waals surface area contributed by atoms with Crippen molar-refractivity contribution in [2.45, 2.75) is 0 Å². The van der Waals surface area contributed by atoms with Crippen molar-refractivity contribution in [2.75, 3.05) is 26.2 Å². The van der Waals surface area contributed by atoms with E-state index < -0.39 is 10.0 Å². The highest BCUT2D eigenvalue weighted by Gasteiger charge is 2.26. The summed E-state index contributed by atoms with van der Waals surface area (Å²) in [5.41, 5.74) is 0.837. The highest BCUT2D eigenvalue weighted by molar-refractivity contribution is 7.92. The SMILES string of the molecule is O=C(/C=C/c1cccs1)N1CCN(S(=O)(=O)/C=C/c2ccccc2)CC1. The lowest BCUT2D eigenvalue weighted by Crippen LogP contribution is -2.49. The number of hydrogen-bond donors (Lipinski definition) is 0. The third kappa shape index (κ3) is 4.91. The maximum Gasteiger partial charge on any atom is 0.246 e. The number of nitrogens with zero attached hydrogens (tertiary/aromatic N) is 2. The van der Waals surface area contributed by atoms with Crippen molar-refractivity contribution >= 4 is 39.4 Å². The van der Waals surface area contributed by atoms with Crippen LogP contribution in [0.3, 0.4) is 0 Å². The summed E-state index contributed by atoms with van der Waals surface area (Å²) in [6.07, 6.45) is 4.93. The second-order valence-electron chi connectivity index (χ2n) is 5.83. The Bertz CT molecular complexity index is 880. The van der Waals surface area contributed by atoms with Crippen molar-refractivity contribution < 1.29 is 13.2 Å². The first-order valence-electron chi connectivity index (χ1n) is 8.28. The van der Waals surface area contributed by atoms with Crippen molar-refractivity contribution in [1.29, 1.82) is 0 Å². The van der Waals surface area contributed by atoms with Crippen LogP contribution in [0.2, 0.25) is 0 Å². The molecule has 1 aromatic heterocycles. The van der Waals surface area contributed by atoms with E-state index in [0.29, 0.717) is 26.2 Å². The molecule has 1 aliphatic heterocycles. The minimum absolute atomic E-state index is 0.0877. The molecule has 1 aromatic carbocycles. The minimum atomic E-state index is -3.48. The molecule has 1 amide bonds. The number of rotatable bonds is 5. The van der Waals surface area contributed by atoms with Crippen LogP contribution in [0.1, 0.15) is 10.4 Å². The van der Waals surface area contributed by atoms with Gasteiger partial charge in [0.25, 0.3) is 0 Å². The summed E-state index contributed by atoms with van der Waals surface area (Å²) in [6.45, 7) is 1.40. The molecule has 0 atom stereocenters. The van der Waals surface area contributed by atoms with E-state index in [2.05, 4.69) is 0 Å². The number of hydrogen-bond acceptors (Lipinski definition) is 4. The topological polar surface area (TPSA) is 57.7 Å². The zero-order valence-electron chi connectivity index (χ0n) is 14.2. The van der Waals surface area contributed by atoms with Crippen LogP contribution in [0.5, 0.6) is 0 Å². The zero-order valence-corrected chi connectivity index (χ0v) is 15.8. The number of piperazine rings is 1. The first kappa shape index (κ1) is 18.6. The Labute approximate surface area is 157 Å². The Kier molecular flexibility index (Phi) is 6.03. The summed E-state index contributed by atoms with van der Waals surface area (Å²) >= 11 is 1.57. The average molecular weight is 389 g/mol. The minimum Gasteiger partial charge on any atom is -0.337 e. The predicted octanol–water partition coefficient (Wildman–Crippen LogP) is 2.91. The van der Waals surface area contributed by atoms with Crippen LogP contribution in [-0.2, 0) is 14.8 Å². The molecule has 0 aliphatic carbocycles. The Morgan fingerprint density at radius 3 is 2.35 bits per heavy atom. The van der Waals surface area contributed by atoms with Gasteiger partial charge in [0.15, 0.2) is 0 Å². The second-order valence-corrected chi connectivity index (χ2v) is 8.63. The fourth-order valence-corrected chi connectivity index (χ4v) is 4.41. The monoisotopic (exact) mass is 388 g/mol. The number of sulfonamides is 1. The normalized spacial score (nSPS) is 16.5. The van der Waals surface area contributed by atoms with Gasteiger partial charge in [-0.3, -0.25) is 4.79 Å². The van der Waals surface area contributed by atoms with E-state index in [1.807, 2.05) is 47.8 Å². The molecule has 3 rings (SSSR count). The Morgan fingerprint density at radius 2 is 1.69 bits per heavy atom. The fraction of sp³-hybridized carbons (Fsp3) is 0.211. The van der Waals surface area contributed by atoms with Crippen LogP contribution in [0.4, 0.5) is 0 Å². The van der Waals surface area contributed by atoms with Crippen LogP contribution in [0.25, 0.3) is 12.2 Å². The van der Waals surface area contributed by atoms with E-state index >= 15 is 0 Å². The molecule has 0 bridgehead atoms. The molecular formula is C19H20N2O3S2. The van der Waals surface area contributed by atoms with Crippen LogP contribution in [-0.4, -0.2) is 49.7 Å². The maximum atomic E-state index is 12.4. The van der Waals surface area contributed by atoms with Crippen LogP contribution in [0, 0.1) is 0 Å². The van der Waals surface area contributed by atoms with E-state index in [0.717, 1.165) is 10.4 Å². The van der Waals surface area contributed by atoms with Gasteiger partial charge in [0.05, 0.1) is 0 Å². The molecule has 2 aromatic rings. The summed E-state index contributed by atoms with van der Waals surface area (Å²) in [7, 11) is -3.48. The third-order valence-electron chi connectivity index (χ3n) is 4.08. The standard InChI is InChI=1S/C19H20N2O3S2/c22-19(9-8-18-7-4-15-25-18)20-11-13-21(14-12-20)26(23,24)16-10-17-5-2-1-3-6-17/h1-10,15-16H,11-14H2/b9-8+,16-10+. The van der Waals surface area contributed by atoms with Gasteiger partial charge in [-0.05, 0) is 29.2 Å². The lowest BCUT2D eigenvalue weighted by atomic mass is 10.2. The summed E-state index contributed by atoms with van der Waals surface area (Å²) < 4.78 is 26.3. The summed E-state index contributed by atoms with van der Waals surface area (Å²) in [4.78, 5) is 14.9. The summed E-state index contributed by atoms with van der Waals surface area (Å²) in [6, 6.07) is 13.2. The van der Waals surface area contributed by atoms with Crippen LogP contribution in [0.15, 0.2) is 59.3 Å². The van der Waals surface area contributed by atoms with E-state index in [1.165, 1.54) is 9.71 Å². The van der Waals surface area contributed by atoms with Gasteiger partial charge in [-0.1, -0.05) is 36.4 Å². The van der Waals surface area contributed by atoms with Gasteiger partial charge in [-0.25, -0.2) is 8.42 Å². The zero-order chi connectivity index (χ0) is 18.4. The first-order valence-corrected chi connectivity index (χ1v) is 10.7. The van der Waals surface area contributed by atoms with E-state index in [9.17, 15) is 13.2 Å². The molecule has 0 unspecified atom stereocenters. The Balaban J connectivity index is 1.55. The number of carbonyl (C=O) groups is 1. The molecule has 26 heavy (non-hydrogen) atoms. The predicted molar refractivity (Wildman–Crippen MR) is 106 cm³/mol. The van der Waals surface area contributed by atoms with E-state index in [-0.39, 0.29) is 5.91 Å². The molecule has 1 saturated heterocycles. The Hall–Kier alpha value is -2.22.